The Morgan fingerprint density at radius 2 is 1.93 bits per heavy atom. The minimum Gasteiger partial charge on any atom is -0.493 e. The van der Waals surface area contributed by atoms with Crippen molar-refractivity contribution in [3.8, 4) is 27.8 Å². The number of H-pyrrole nitrogens is 1. The fourth-order valence-electron chi connectivity index (χ4n) is 2.39. The highest BCUT2D eigenvalue weighted by Crippen LogP contribution is 2.37. The first-order valence-electron chi connectivity index (χ1n) is 7.89. The van der Waals surface area contributed by atoms with E-state index in [0.717, 1.165) is 10.6 Å². The zero-order valence-electron chi connectivity index (χ0n) is 15.0. The Hall–Kier alpha value is -3.33. The smallest absolute Gasteiger partial charge is 0.291 e. The second-order valence-electron chi connectivity index (χ2n) is 5.30. The lowest BCUT2D eigenvalue weighted by molar-refractivity contribution is 0.0950. The van der Waals surface area contributed by atoms with E-state index in [1.807, 2.05) is 17.5 Å². The Bertz CT molecular complexity index is 925. The number of nitrogens with zero attached hydrogens (tertiary/aromatic N) is 2. The van der Waals surface area contributed by atoms with Crippen LogP contribution in [0.25, 0.3) is 10.6 Å². The molecule has 0 fully saturated rings. The predicted octanol–water partition coefficient (Wildman–Crippen LogP) is 2.93. The van der Waals surface area contributed by atoms with Gasteiger partial charge in [-0.05, 0) is 29.6 Å². The van der Waals surface area contributed by atoms with E-state index in [0.29, 0.717) is 22.8 Å². The van der Waals surface area contributed by atoms with Gasteiger partial charge in [-0.1, -0.05) is 6.07 Å². The zero-order valence-corrected chi connectivity index (χ0v) is 15.8. The van der Waals surface area contributed by atoms with Crippen LogP contribution in [0.1, 0.15) is 16.1 Å². The van der Waals surface area contributed by atoms with Crippen molar-refractivity contribution in [2.24, 2.45) is 5.10 Å². The van der Waals surface area contributed by atoms with E-state index in [9.17, 15) is 4.79 Å². The molecule has 3 aromatic rings. The lowest BCUT2D eigenvalue weighted by atomic mass is 10.2. The highest BCUT2D eigenvalue weighted by atomic mass is 32.1. The summed E-state index contributed by atoms with van der Waals surface area (Å²) in [7, 11) is 4.59. The van der Waals surface area contributed by atoms with Crippen molar-refractivity contribution >= 4 is 23.5 Å². The van der Waals surface area contributed by atoms with Gasteiger partial charge in [0.15, 0.2) is 17.2 Å². The average molecular weight is 386 g/mol. The molecular weight excluding hydrogens is 368 g/mol. The number of aromatic nitrogens is 2. The molecule has 0 bridgehead atoms. The third-order valence-corrected chi connectivity index (χ3v) is 4.57. The summed E-state index contributed by atoms with van der Waals surface area (Å²) in [6.07, 6.45) is 1.48. The number of thiophene rings is 1. The van der Waals surface area contributed by atoms with Crippen molar-refractivity contribution in [2.45, 2.75) is 0 Å². The molecule has 8 nitrogen and oxygen atoms in total. The van der Waals surface area contributed by atoms with Crippen LogP contribution < -0.4 is 19.6 Å². The summed E-state index contributed by atoms with van der Waals surface area (Å²) in [6, 6.07) is 9.00. The molecule has 27 heavy (non-hydrogen) atoms. The van der Waals surface area contributed by atoms with Crippen LogP contribution in [0.4, 0.5) is 0 Å². The highest BCUT2D eigenvalue weighted by Gasteiger charge is 2.13. The summed E-state index contributed by atoms with van der Waals surface area (Å²) >= 11 is 1.56. The molecule has 0 radical (unpaired) electrons. The summed E-state index contributed by atoms with van der Waals surface area (Å²) in [5.41, 5.74) is 4.15. The molecule has 1 aromatic carbocycles. The minimum atomic E-state index is -0.419. The molecule has 0 aliphatic carbocycles. The molecule has 0 saturated carbocycles. The highest BCUT2D eigenvalue weighted by molar-refractivity contribution is 7.13. The zero-order chi connectivity index (χ0) is 19.2. The first kappa shape index (κ1) is 18.5. The molecule has 0 spiro atoms. The van der Waals surface area contributed by atoms with Crippen molar-refractivity contribution in [1.82, 2.24) is 15.6 Å². The third-order valence-electron chi connectivity index (χ3n) is 3.66. The number of nitrogens with one attached hydrogen (secondary N) is 2. The summed E-state index contributed by atoms with van der Waals surface area (Å²) in [6.45, 7) is 0. The van der Waals surface area contributed by atoms with E-state index in [1.54, 1.807) is 29.5 Å². The second kappa shape index (κ2) is 8.37. The van der Waals surface area contributed by atoms with Crippen molar-refractivity contribution in [3.63, 3.8) is 0 Å². The molecule has 3 rings (SSSR count). The van der Waals surface area contributed by atoms with Crippen molar-refractivity contribution in [2.75, 3.05) is 21.3 Å². The van der Waals surface area contributed by atoms with E-state index >= 15 is 0 Å². The quantitative estimate of drug-likeness (QED) is 0.481. The number of amides is 1. The fourth-order valence-corrected chi connectivity index (χ4v) is 3.09. The predicted molar refractivity (Wildman–Crippen MR) is 103 cm³/mol. The van der Waals surface area contributed by atoms with Gasteiger partial charge in [0, 0.05) is 5.56 Å². The van der Waals surface area contributed by atoms with Crippen LogP contribution in [0.5, 0.6) is 17.2 Å². The van der Waals surface area contributed by atoms with Gasteiger partial charge in [-0.15, -0.1) is 11.3 Å². The van der Waals surface area contributed by atoms with Crippen molar-refractivity contribution in [1.29, 1.82) is 0 Å². The largest absolute Gasteiger partial charge is 0.493 e. The van der Waals surface area contributed by atoms with Gasteiger partial charge >= 0.3 is 0 Å². The molecular formula is C18H18N4O4S. The third kappa shape index (κ3) is 4.09. The maximum atomic E-state index is 12.2. The maximum Gasteiger partial charge on any atom is 0.291 e. The molecule has 1 amide bonds. The van der Waals surface area contributed by atoms with Gasteiger partial charge in [-0.25, -0.2) is 5.43 Å². The van der Waals surface area contributed by atoms with Gasteiger partial charge in [0.25, 0.3) is 5.91 Å². The van der Waals surface area contributed by atoms with E-state index in [2.05, 4.69) is 20.7 Å². The van der Waals surface area contributed by atoms with E-state index in [1.165, 1.54) is 27.5 Å². The Morgan fingerprint density at radius 3 is 2.52 bits per heavy atom. The van der Waals surface area contributed by atoms with Crippen LogP contribution in [0.3, 0.4) is 0 Å². The van der Waals surface area contributed by atoms with Crippen LogP contribution in [0.15, 0.2) is 40.8 Å². The Labute approximate surface area is 159 Å². The van der Waals surface area contributed by atoms with E-state index < -0.39 is 5.91 Å². The van der Waals surface area contributed by atoms with Crippen LogP contribution >= 0.6 is 11.3 Å². The van der Waals surface area contributed by atoms with Gasteiger partial charge < -0.3 is 14.2 Å². The SMILES string of the molecule is COc1cc(C=NNC(=O)c2cc(-c3cccs3)[nH]n2)cc(OC)c1OC. The molecule has 0 aliphatic heterocycles. The normalized spacial score (nSPS) is 10.8. The molecule has 2 N–H and O–H groups in total. The van der Waals surface area contributed by atoms with Crippen LogP contribution in [0.2, 0.25) is 0 Å². The van der Waals surface area contributed by atoms with E-state index in [4.69, 9.17) is 14.2 Å². The lowest BCUT2D eigenvalue weighted by Crippen LogP contribution is -2.18. The second-order valence-corrected chi connectivity index (χ2v) is 6.25. The number of rotatable bonds is 7. The average Bonchev–Trinajstić information content (AvgIpc) is 3.38. The topological polar surface area (TPSA) is 97.8 Å². The number of carbonyl (C=O) groups is 1. The van der Waals surface area contributed by atoms with Gasteiger partial charge in [-0.2, -0.15) is 10.2 Å². The number of aromatic amines is 1. The number of hydrogen-bond donors (Lipinski definition) is 2. The molecule has 0 atom stereocenters. The number of benzene rings is 1. The van der Waals surface area contributed by atoms with Crippen molar-refractivity contribution < 1.29 is 19.0 Å². The standard InChI is InChI=1S/C18H18N4O4S/c1-24-14-7-11(8-15(25-2)17(14)26-3)10-19-22-18(23)13-9-12(20-21-13)16-5-4-6-27-16/h4-10H,1-3H3,(H,20,21)(H,22,23). The molecule has 140 valence electrons. The first-order valence-corrected chi connectivity index (χ1v) is 8.77. The van der Waals surface area contributed by atoms with Gasteiger partial charge in [0.2, 0.25) is 5.75 Å². The van der Waals surface area contributed by atoms with Crippen LogP contribution in [-0.2, 0) is 0 Å². The monoisotopic (exact) mass is 386 g/mol. The van der Waals surface area contributed by atoms with Crippen LogP contribution in [-0.4, -0.2) is 43.6 Å². The van der Waals surface area contributed by atoms with Crippen molar-refractivity contribution in [3.05, 3.63) is 47.0 Å². The number of hydrazone groups is 1. The molecule has 0 saturated heterocycles. The van der Waals surface area contributed by atoms with E-state index in [-0.39, 0.29) is 5.69 Å². The summed E-state index contributed by atoms with van der Waals surface area (Å²) in [5, 5.41) is 12.8. The molecule has 2 aromatic heterocycles. The number of hydrogen-bond acceptors (Lipinski definition) is 7. The molecule has 0 aliphatic rings. The minimum absolute atomic E-state index is 0.250. The molecule has 9 heteroatoms. The van der Waals surface area contributed by atoms with Crippen LogP contribution in [0, 0.1) is 0 Å². The van der Waals surface area contributed by atoms with Gasteiger partial charge in [-0.3, -0.25) is 9.89 Å². The fraction of sp³-hybridized carbons (Fsp3) is 0.167. The van der Waals surface area contributed by atoms with Gasteiger partial charge in [0.05, 0.1) is 38.1 Å². The summed E-state index contributed by atoms with van der Waals surface area (Å²) in [4.78, 5) is 13.2. The molecule has 2 heterocycles. The van der Waals surface area contributed by atoms with Gasteiger partial charge in [0.1, 0.15) is 0 Å². The summed E-state index contributed by atoms with van der Waals surface area (Å²) < 4.78 is 15.8. The Morgan fingerprint density at radius 1 is 1.19 bits per heavy atom. The first-order chi connectivity index (χ1) is 13.2. The Kier molecular flexibility index (Phi) is 5.72. The maximum absolute atomic E-state index is 12.2. The number of ether oxygens (including phenoxy) is 3. The Balaban J connectivity index is 1.71. The molecule has 0 unspecified atom stereocenters. The lowest BCUT2D eigenvalue weighted by Gasteiger charge is -2.12. The number of methoxy groups -OCH3 is 3. The summed E-state index contributed by atoms with van der Waals surface area (Å²) in [5.74, 6) is 1.06. The number of carbonyl (C=O) groups excluding carboxylic acids is 1.